The highest BCUT2D eigenvalue weighted by Crippen LogP contribution is 2.29. The van der Waals surface area contributed by atoms with Crippen molar-refractivity contribution in [1.82, 2.24) is 5.32 Å². The van der Waals surface area contributed by atoms with E-state index in [1.54, 1.807) is 18.7 Å². The van der Waals surface area contributed by atoms with Gasteiger partial charge in [0.2, 0.25) is 0 Å². The van der Waals surface area contributed by atoms with Gasteiger partial charge in [-0.25, -0.2) is 0 Å². The highest BCUT2D eigenvalue weighted by molar-refractivity contribution is 7.99. The quantitative estimate of drug-likeness (QED) is 0.755. The predicted molar refractivity (Wildman–Crippen MR) is 81.1 cm³/mol. The van der Waals surface area contributed by atoms with Crippen LogP contribution in [0.4, 0.5) is 0 Å². The second-order valence-corrected chi connectivity index (χ2v) is 6.70. The van der Waals surface area contributed by atoms with E-state index in [4.69, 9.17) is 11.6 Å². The summed E-state index contributed by atoms with van der Waals surface area (Å²) in [6.45, 7) is 6.33. The normalized spacial score (nSPS) is 15.8. The Balaban J connectivity index is 2.65. The molecule has 0 aliphatic rings. The van der Waals surface area contributed by atoms with E-state index in [0.29, 0.717) is 18.0 Å². The van der Waals surface area contributed by atoms with Crippen LogP contribution in [0, 0.1) is 0 Å². The fourth-order valence-corrected chi connectivity index (χ4v) is 3.29. The van der Waals surface area contributed by atoms with E-state index < -0.39 is 11.5 Å². The maximum atomic E-state index is 11.4. The number of halogens is 1. The second kappa shape index (κ2) is 7.17. The summed E-state index contributed by atoms with van der Waals surface area (Å²) in [5.41, 5.74) is -0.881. The fraction of sp³-hybridized carbons (Fsp3) is 0.500. The van der Waals surface area contributed by atoms with E-state index >= 15 is 0 Å². The molecule has 3 nitrogen and oxygen atoms in total. The molecule has 0 aliphatic carbocycles. The zero-order chi connectivity index (χ0) is 14.5. The molecular formula is C14H20ClNO2S. The lowest BCUT2D eigenvalue weighted by Crippen LogP contribution is -2.50. The average Bonchev–Trinajstić information content (AvgIpc) is 2.32. The minimum absolute atomic E-state index is 0.196. The zero-order valence-electron chi connectivity index (χ0n) is 11.4. The summed E-state index contributed by atoms with van der Waals surface area (Å²) in [5.74, 6) is -0.807. The summed E-state index contributed by atoms with van der Waals surface area (Å²) in [4.78, 5) is 12.5. The fourth-order valence-electron chi connectivity index (χ4n) is 1.99. The molecule has 0 bridgehead atoms. The first-order valence-corrected chi connectivity index (χ1v) is 7.54. The number of thioether (sulfide) groups is 1. The van der Waals surface area contributed by atoms with Crippen LogP contribution >= 0.6 is 23.4 Å². The number of aliphatic carboxylic acids is 1. The van der Waals surface area contributed by atoms with E-state index in [9.17, 15) is 9.90 Å². The van der Waals surface area contributed by atoms with E-state index in [2.05, 4.69) is 5.32 Å². The summed E-state index contributed by atoms with van der Waals surface area (Å²) in [6.07, 6.45) is 0.559. The molecule has 2 atom stereocenters. The molecule has 0 aliphatic heterocycles. The number of nitrogens with one attached hydrogen (secondary N) is 1. The zero-order valence-corrected chi connectivity index (χ0v) is 13.0. The van der Waals surface area contributed by atoms with E-state index in [1.165, 1.54) is 0 Å². The Kier molecular flexibility index (Phi) is 6.17. The summed E-state index contributed by atoms with van der Waals surface area (Å²) >= 11 is 7.50. The lowest BCUT2D eigenvalue weighted by Gasteiger charge is -2.28. The molecule has 1 aromatic rings. The van der Waals surface area contributed by atoms with Crippen LogP contribution in [-0.2, 0) is 4.79 Å². The molecule has 0 aromatic heterocycles. The maximum Gasteiger partial charge on any atom is 0.323 e. The van der Waals surface area contributed by atoms with Gasteiger partial charge >= 0.3 is 5.97 Å². The lowest BCUT2D eigenvalue weighted by molar-refractivity contribution is -0.144. The van der Waals surface area contributed by atoms with Crippen molar-refractivity contribution in [3.63, 3.8) is 0 Å². The standard InChI is InChI=1S/C14H20ClNO2S/c1-4-16-14(3,13(17)18)9-10(2)19-12-7-5-11(15)6-8-12/h5-8,10,16H,4,9H2,1-3H3,(H,17,18). The number of hydrogen-bond acceptors (Lipinski definition) is 3. The van der Waals surface area contributed by atoms with Crippen LogP contribution in [0.1, 0.15) is 27.2 Å². The van der Waals surface area contributed by atoms with Crippen LogP contribution in [0.25, 0.3) is 0 Å². The molecule has 0 saturated heterocycles. The number of carboxylic acids is 1. The van der Waals surface area contributed by atoms with Crippen LogP contribution in [0.5, 0.6) is 0 Å². The van der Waals surface area contributed by atoms with Crippen molar-refractivity contribution < 1.29 is 9.90 Å². The van der Waals surface area contributed by atoms with Crippen LogP contribution in [0.3, 0.4) is 0 Å². The third-order valence-corrected chi connectivity index (χ3v) is 4.25. The van der Waals surface area contributed by atoms with Crippen LogP contribution in [0.2, 0.25) is 5.02 Å². The number of carbonyl (C=O) groups is 1. The minimum atomic E-state index is -0.881. The Morgan fingerprint density at radius 1 is 1.47 bits per heavy atom. The first kappa shape index (κ1) is 16.3. The van der Waals surface area contributed by atoms with Gasteiger partial charge in [0.25, 0.3) is 0 Å². The first-order chi connectivity index (χ1) is 8.87. The Labute approximate surface area is 123 Å². The molecule has 0 radical (unpaired) electrons. The van der Waals surface area contributed by atoms with Crippen molar-refractivity contribution >= 4 is 29.3 Å². The van der Waals surface area contributed by atoms with Gasteiger partial charge in [-0.15, -0.1) is 11.8 Å². The monoisotopic (exact) mass is 301 g/mol. The van der Waals surface area contributed by atoms with Gasteiger partial charge in [-0.05, 0) is 44.2 Å². The molecule has 19 heavy (non-hydrogen) atoms. The summed E-state index contributed by atoms with van der Waals surface area (Å²) in [7, 11) is 0. The second-order valence-electron chi connectivity index (χ2n) is 4.75. The predicted octanol–water partition coefficient (Wildman–Crippen LogP) is 3.66. The maximum absolute atomic E-state index is 11.4. The minimum Gasteiger partial charge on any atom is -0.480 e. The van der Waals surface area contributed by atoms with Gasteiger partial charge in [0.1, 0.15) is 5.54 Å². The van der Waals surface area contributed by atoms with Crippen LogP contribution < -0.4 is 5.32 Å². The van der Waals surface area contributed by atoms with Gasteiger partial charge < -0.3 is 10.4 Å². The molecule has 1 rings (SSSR count). The largest absolute Gasteiger partial charge is 0.480 e. The highest BCUT2D eigenvalue weighted by Gasteiger charge is 2.33. The number of likely N-dealkylation sites (N-methyl/N-ethyl adjacent to an activating group) is 1. The summed E-state index contributed by atoms with van der Waals surface area (Å²) < 4.78 is 0. The third kappa shape index (κ3) is 5.05. The molecule has 2 N–H and O–H groups in total. The Morgan fingerprint density at radius 3 is 2.53 bits per heavy atom. The van der Waals surface area contributed by atoms with Crippen molar-refractivity contribution in [2.24, 2.45) is 0 Å². The summed E-state index contributed by atoms with van der Waals surface area (Å²) in [5, 5.41) is 13.3. The summed E-state index contributed by atoms with van der Waals surface area (Å²) in [6, 6.07) is 7.60. The molecule has 5 heteroatoms. The number of hydrogen-bond donors (Lipinski definition) is 2. The lowest BCUT2D eigenvalue weighted by atomic mass is 9.96. The Morgan fingerprint density at radius 2 is 2.05 bits per heavy atom. The molecular weight excluding hydrogens is 282 g/mol. The molecule has 0 spiro atoms. The molecule has 2 unspecified atom stereocenters. The van der Waals surface area contributed by atoms with Crippen molar-refractivity contribution in [3.8, 4) is 0 Å². The highest BCUT2D eigenvalue weighted by atomic mass is 35.5. The van der Waals surface area contributed by atoms with Crippen molar-refractivity contribution in [3.05, 3.63) is 29.3 Å². The van der Waals surface area contributed by atoms with Gasteiger partial charge in [0.15, 0.2) is 0 Å². The Bertz CT molecular complexity index is 424. The van der Waals surface area contributed by atoms with Crippen LogP contribution in [-0.4, -0.2) is 28.4 Å². The number of rotatable bonds is 7. The van der Waals surface area contributed by atoms with Gasteiger partial charge in [-0.3, -0.25) is 4.79 Å². The van der Waals surface area contributed by atoms with Crippen LogP contribution in [0.15, 0.2) is 29.2 Å². The van der Waals surface area contributed by atoms with E-state index in [1.807, 2.05) is 38.1 Å². The third-order valence-electron chi connectivity index (χ3n) is 2.89. The molecule has 0 fully saturated rings. The van der Waals surface area contributed by atoms with E-state index in [0.717, 1.165) is 4.90 Å². The van der Waals surface area contributed by atoms with Crippen molar-refractivity contribution in [1.29, 1.82) is 0 Å². The average molecular weight is 302 g/mol. The van der Waals surface area contributed by atoms with Gasteiger partial charge in [0, 0.05) is 15.2 Å². The SMILES string of the molecule is CCNC(C)(CC(C)Sc1ccc(Cl)cc1)C(=O)O. The van der Waals surface area contributed by atoms with Gasteiger partial charge in [-0.1, -0.05) is 25.4 Å². The molecule has 1 aromatic carbocycles. The Hall–Kier alpha value is -0.710. The van der Waals surface area contributed by atoms with Crippen molar-refractivity contribution in [2.75, 3.05) is 6.54 Å². The molecule has 0 heterocycles. The van der Waals surface area contributed by atoms with Gasteiger partial charge in [-0.2, -0.15) is 0 Å². The first-order valence-electron chi connectivity index (χ1n) is 6.28. The smallest absolute Gasteiger partial charge is 0.323 e. The molecule has 106 valence electrons. The topological polar surface area (TPSA) is 49.3 Å². The number of benzene rings is 1. The van der Waals surface area contributed by atoms with Crippen molar-refractivity contribution in [2.45, 2.75) is 42.9 Å². The van der Waals surface area contributed by atoms with Gasteiger partial charge in [0.05, 0.1) is 0 Å². The molecule has 0 amide bonds. The number of carboxylic acid groups (broad SMARTS) is 1. The molecule has 0 saturated carbocycles. The van der Waals surface area contributed by atoms with E-state index in [-0.39, 0.29) is 5.25 Å².